The number of hydrogen-bond donors (Lipinski definition) is 4. The smallest absolute Gasteiger partial charge is 0.364 e. The van der Waals surface area contributed by atoms with E-state index in [0.717, 1.165) is 0 Å². The van der Waals surface area contributed by atoms with E-state index in [-0.39, 0.29) is 25.0 Å². The lowest BCUT2D eigenvalue weighted by atomic mass is 9.95. The minimum absolute atomic E-state index is 0.119. The zero-order valence-corrected chi connectivity index (χ0v) is 10.5. The fourth-order valence-corrected chi connectivity index (χ4v) is 2.09. The number of ether oxygens (including phenoxy) is 2. The lowest BCUT2D eigenvalue weighted by Gasteiger charge is -2.39. The second-order valence-electron chi connectivity index (χ2n) is 4.17. The number of carbonyl (C=O) groups is 1. The number of aliphatic hydroxyl groups excluding tert-OH is 2. The number of hydrogen-bond acceptors (Lipinski definition) is 6. The predicted octanol–water partition coefficient (Wildman–Crippen LogP) is -0.366. The van der Waals surface area contributed by atoms with Crippen LogP contribution in [0.1, 0.15) is 19.3 Å². The monoisotopic (exact) mass is 266 g/mol. The van der Waals surface area contributed by atoms with Gasteiger partial charge >= 0.3 is 5.97 Å². The Balaban J connectivity index is 2.73. The molecule has 0 bridgehead atoms. The molecule has 3 N–H and O–H groups in total. The number of carboxylic acid groups (broad SMARTS) is 1. The van der Waals surface area contributed by atoms with E-state index >= 15 is 0 Å². The number of rotatable bonds is 5. The summed E-state index contributed by atoms with van der Waals surface area (Å²) in [5.41, 5.74) is 0. The highest BCUT2D eigenvalue weighted by Gasteiger charge is 2.48. The molecule has 1 saturated heterocycles. The van der Waals surface area contributed by atoms with Crippen LogP contribution in [0.2, 0.25) is 0 Å². The van der Waals surface area contributed by atoms with E-state index in [0.29, 0.717) is 0 Å². The van der Waals surface area contributed by atoms with Crippen molar-refractivity contribution in [3.8, 4) is 0 Å². The van der Waals surface area contributed by atoms with Crippen LogP contribution < -0.4 is 0 Å². The van der Waals surface area contributed by atoms with Gasteiger partial charge in [0.05, 0.1) is 18.3 Å². The fraction of sp³-hybridized carbons (Fsp3) is 0.900. The summed E-state index contributed by atoms with van der Waals surface area (Å²) >= 11 is 3.93. The van der Waals surface area contributed by atoms with Gasteiger partial charge in [-0.25, -0.2) is 4.79 Å². The summed E-state index contributed by atoms with van der Waals surface area (Å²) < 4.78 is 10.2. The van der Waals surface area contributed by atoms with E-state index < -0.39 is 30.1 Å². The molecule has 1 fully saturated rings. The van der Waals surface area contributed by atoms with E-state index in [4.69, 9.17) is 14.6 Å². The van der Waals surface area contributed by atoms with Crippen LogP contribution in [0, 0.1) is 0 Å². The lowest BCUT2D eigenvalue weighted by molar-refractivity contribution is -0.283. The van der Waals surface area contributed by atoms with Crippen LogP contribution in [-0.4, -0.2) is 58.3 Å². The molecule has 6 nitrogen and oxygen atoms in total. The van der Waals surface area contributed by atoms with Crippen LogP contribution in [0.5, 0.6) is 0 Å². The Morgan fingerprint density at radius 3 is 2.82 bits per heavy atom. The highest BCUT2D eigenvalue weighted by molar-refractivity contribution is 7.80. The van der Waals surface area contributed by atoms with Crippen LogP contribution >= 0.6 is 12.6 Å². The lowest BCUT2D eigenvalue weighted by Crippen LogP contribution is -2.53. The highest BCUT2D eigenvalue weighted by Crippen LogP contribution is 2.32. The van der Waals surface area contributed by atoms with Crippen molar-refractivity contribution < 1.29 is 29.6 Å². The van der Waals surface area contributed by atoms with Gasteiger partial charge in [0.15, 0.2) is 0 Å². The summed E-state index contributed by atoms with van der Waals surface area (Å²) in [4.78, 5) is 11.1. The Bertz CT molecular complexity index is 274. The molecule has 0 aliphatic carbocycles. The van der Waals surface area contributed by atoms with Gasteiger partial charge in [-0.3, -0.25) is 0 Å². The molecule has 0 aromatic carbocycles. The summed E-state index contributed by atoms with van der Waals surface area (Å²) in [6.07, 6.45) is -1.69. The second-order valence-corrected chi connectivity index (χ2v) is 4.53. The Morgan fingerprint density at radius 1 is 1.71 bits per heavy atom. The summed E-state index contributed by atoms with van der Waals surface area (Å²) in [7, 11) is 1.22. The highest BCUT2D eigenvalue weighted by atomic mass is 32.1. The van der Waals surface area contributed by atoms with Crippen molar-refractivity contribution in [2.45, 2.75) is 43.4 Å². The molecular weight excluding hydrogens is 248 g/mol. The fourth-order valence-electron chi connectivity index (χ4n) is 1.94. The van der Waals surface area contributed by atoms with Crippen LogP contribution in [0.4, 0.5) is 0 Å². The topological polar surface area (TPSA) is 96.2 Å². The van der Waals surface area contributed by atoms with Crippen molar-refractivity contribution in [1.82, 2.24) is 0 Å². The van der Waals surface area contributed by atoms with E-state index in [9.17, 15) is 15.0 Å². The average Bonchev–Trinajstić information content (AvgIpc) is 2.27. The quantitative estimate of drug-likeness (QED) is 0.507. The maximum atomic E-state index is 11.1. The first-order valence-corrected chi connectivity index (χ1v) is 6.00. The molecule has 0 amide bonds. The van der Waals surface area contributed by atoms with Gasteiger partial charge in [0.2, 0.25) is 0 Å². The van der Waals surface area contributed by atoms with Crippen LogP contribution in [0.15, 0.2) is 0 Å². The van der Waals surface area contributed by atoms with Gasteiger partial charge in [-0.05, 0) is 6.42 Å². The Morgan fingerprint density at radius 2 is 2.35 bits per heavy atom. The number of carboxylic acids is 1. The third-order valence-electron chi connectivity index (χ3n) is 2.80. The summed E-state index contributed by atoms with van der Waals surface area (Å²) in [6.45, 7) is 0. The molecule has 1 aliphatic rings. The number of aliphatic carboxylic acids is 1. The van der Waals surface area contributed by atoms with Crippen molar-refractivity contribution in [2.75, 3.05) is 12.9 Å². The summed E-state index contributed by atoms with van der Waals surface area (Å²) in [5, 5.41) is 28.2. The first-order valence-electron chi connectivity index (χ1n) is 5.37. The Hall–Kier alpha value is -0.340. The molecular formula is C10H18O6S. The summed E-state index contributed by atoms with van der Waals surface area (Å²) in [6, 6.07) is 0. The molecule has 1 aliphatic heterocycles. The molecule has 0 aromatic rings. The molecule has 4 unspecified atom stereocenters. The zero-order valence-electron chi connectivity index (χ0n) is 9.57. The van der Waals surface area contributed by atoms with Gasteiger partial charge in [0.1, 0.15) is 0 Å². The number of aliphatic hydroxyl groups is 2. The van der Waals surface area contributed by atoms with Crippen molar-refractivity contribution in [3.05, 3.63) is 0 Å². The molecule has 7 heteroatoms. The van der Waals surface area contributed by atoms with Gasteiger partial charge < -0.3 is 24.8 Å². The SMILES string of the molecule is COC1(C(=O)O)CC(O)CC(CC(O)CS)O1. The van der Waals surface area contributed by atoms with Gasteiger partial charge in [-0.1, -0.05) is 0 Å². The van der Waals surface area contributed by atoms with Crippen molar-refractivity contribution >= 4 is 18.6 Å². The van der Waals surface area contributed by atoms with Gasteiger partial charge in [0.25, 0.3) is 5.79 Å². The van der Waals surface area contributed by atoms with Crippen LogP contribution in [-0.2, 0) is 14.3 Å². The van der Waals surface area contributed by atoms with Crippen molar-refractivity contribution in [1.29, 1.82) is 0 Å². The van der Waals surface area contributed by atoms with E-state index in [1.54, 1.807) is 0 Å². The molecule has 0 saturated carbocycles. The third kappa shape index (κ3) is 3.56. The minimum Gasteiger partial charge on any atom is -0.477 e. The largest absolute Gasteiger partial charge is 0.477 e. The van der Waals surface area contributed by atoms with Crippen LogP contribution in [0.25, 0.3) is 0 Å². The molecule has 4 atom stereocenters. The minimum atomic E-state index is -1.82. The molecule has 0 radical (unpaired) electrons. The van der Waals surface area contributed by atoms with Gasteiger partial charge in [-0.2, -0.15) is 12.6 Å². The first-order chi connectivity index (χ1) is 7.93. The summed E-state index contributed by atoms with van der Waals surface area (Å²) in [5.74, 6) is -2.84. The third-order valence-corrected chi connectivity index (χ3v) is 3.22. The standard InChI is InChI=1S/C10H18O6S/c1-15-10(9(13)14)4-6(11)2-8(16-10)3-7(12)5-17/h6-8,11-12,17H,2-5H2,1H3,(H,13,14). The second kappa shape index (κ2) is 6.01. The maximum absolute atomic E-state index is 11.1. The molecule has 1 rings (SSSR count). The number of methoxy groups -OCH3 is 1. The van der Waals surface area contributed by atoms with E-state index in [1.807, 2.05) is 0 Å². The number of thiol groups is 1. The Kier molecular flexibility index (Phi) is 5.21. The molecule has 0 spiro atoms. The molecule has 1 heterocycles. The molecule has 100 valence electrons. The van der Waals surface area contributed by atoms with E-state index in [2.05, 4.69) is 12.6 Å². The van der Waals surface area contributed by atoms with Crippen molar-refractivity contribution in [3.63, 3.8) is 0 Å². The first kappa shape index (κ1) is 14.7. The zero-order chi connectivity index (χ0) is 13.1. The maximum Gasteiger partial charge on any atom is 0.364 e. The van der Waals surface area contributed by atoms with Gasteiger partial charge in [-0.15, -0.1) is 0 Å². The predicted molar refractivity (Wildman–Crippen MR) is 62.0 cm³/mol. The van der Waals surface area contributed by atoms with Crippen molar-refractivity contribution in [2.24, 2.45) is 0 Å². The van der Waals surface area contributed by atoms with Crippen LogP contribution in [0.3, 0.4) is 0 Å². The Labute approximate surface area is 105 Å². The van der Waals surface area contributed by atoms with Gasteiger partial charge in [0, 0.05) is 25.7 Å². The normalized spacial score (nSPS) is 35.5. The van der Waals surface area contributed by atoms with E-state index in [1.165, 1.54) is 7.11 Å². The average molecular weight is 266 g/mol. The molecule has 0 aromatic heterocycles. The molecule has 17 heavy (non-hydrogen) atoms.